The molecule has 0 saturated carbocycles. The second-order valence-electron chi connectivity index (χ2n) is 5.52. The van der Waals surface area contributed by atoms with Crippen LogP contribution in [0.1, 0.15) is 31.0 Å². The predicted molar refractivity (Wildman–Crippen MR) is 87.9 cm³/mol. The zero-order chi connectivity index (χ0) is 17.1. The largest absolute Gasteiger partial charge is 0.418 e. The van der Waals surface area contributed by atoms with E-state index in [4.69, 9.17) is 10.00 Å². The zero-order valence-corrected chi connectivity index (χ0v) is 13.2. The van der Waals surface area contributed by atoms with Crippen LogP contribution in [0.3, 0.4) is 0 Å². The summed E-state index contributed by atoms with van der Waals surface area (Å²) in [5, 5.41) is 18.6. The zero-order valence-electron chi connectivity index (χ0n) is 13.2. The lowest BCUT2D eigenvalue weighted by Gasteiger charge is -2.08. The van der Waals surface area contributed by atoms with Gasteiger partial charge in [0.15, 0.2) is 5.69 Å². The van der Waals surface area contributed by atoms with Crippen LogP contribution in [0.5, 0.6) is 5.88 Å². The number of aromatic nitrogens is 3. The summed E-state index contributed by atoms with van der Waals surface area (Å²) >= 11 is 0. The fourth-order valence-corrected chi connectivity index (χ4v) is 2.24. The fraction of sp³-hybridized carbons (Fsp3) is 0.176. The van der Waals surface area contributed by atoms with Crippen molar-refractivity contribution >= 4 is 17.3 Å². The highest BCUT2D eigenvalue weighted by molar-refractivity contribution is 5.92. The molecule has 0 aliphatic heterocycles. The summed E-state index contributed by atoms with van der Waals surface area (Å²) in [6.45, 7) is 4.25. The number of amides is 1. The lowest BCUT2D eigenvalue weighted by Crippen LogP contribution is -2.17. The topological polar surface area (TPSA) is 92.3 Å². The van der Waals surface area contributed by atoms with Crippen LogP contribution in [-0.4, -0.2) is 20.7 Å². The van der Waals surface area contributed by atoms with Gasteiger partial charge in [-0.2, -0.15) is 5.26 Å². The van der Waals surface area contributed by atoms with E-state index in [9.17, 15) is 4.79 Å². The summed E-state index contributed by atoms with van der Waals surface area (Å²) in [6, 6.07) is 10.5. The Balaban J connectivity index is 1.74. The maximum Gasteiger partial charge on any atom is 0.418 e. The van der Waals surface area contributed by atoms with Gasteiger partial charge in [-0.15, -0.1) is 10.2 Å². The van der Waals surface area contributed by atoms with Crippen molar-refractivity contribution in [2.45, 2.75) is 19.8 Å². The molecule has 0 spiro atoms. The second kappa shape index (κ2) is 6.38. The lowest BCUT2D eigenvalue weighted by molar-refractivity contribution is 0.213. The molecule has 0 fully saturated rings. The average Bonchev–Trinajstić information content (AvgIpc) is 2.97. The number of rotatable bonds is 3. The SMILES string of the molecule is CC(C)c1ccc2c(NC(=O)Oc3ccc(C#N)nn3)ccn2c1. The Morgan fingerprint density at radius 2 is 2.08 bits per heavy atom. The molecule has 0 aromatic carbocycles. The fourth-order valence-electron chi connectivity index (χ4n) is 2.24. The molecule has 120 valence electrons. The van der Waals surface area contributed by atoms with Crippen molar-refractivity contribution in [3.63, 3.8) is 0 Å². The van der Waals surface area contributed by atoms with E-state index in [-0.39, 0.29) is 11.6 Å². The molecule has 0 saturated heterocycles. The molecule has 3 aromatic heterocycles. The monoisotopic (exact) mass is 321 g/mol. The molecule has 7 heteroatoms. The Bertz CT molecular complexity index is 922. The normalized spacial score (nSPS) is 10.6. The molecular weight excluding hydrogens is 306 g/mol. The van der Waals surface area contributed by atoms with Gasteiger partial charge in [0.25, 0.3) is 0 Å². The van der Waals surface area contributed by atoms with Crippen molar-refractivity contribution in [2.75, 3.05) is 5.32 Å². The second-order valence-corrected chi connectivity index (χ2v) is 5.52. The summed E-state index contributed by atoms with van der Waals surface area (Å²) in [6.07, 6.45) is 3.23. The molecule has 3 rings (SSSR count). The number of carbonyl (C=O) groups is 1. The number of hydrogen-bond acceptors (Lipinski definition) is 5. The summed E-state index contributed by atoms with van der Waals surface area (Å²) in [5.41, 5.74) is 2.86. The van der Waals surface area contributed by atoms with Gasteiger partial charge in [0.05, 0.1) is 11.2 Å². The van der Waals surface area contributed by atoms with E-state index in [1.165, 1.54) is 17.7 Å². The van der Waals surface area contributed by atoms with Crippen molar-refractivity contribution in [1.29, 1.82) is 5.26 Å². The Morgan fingerprint density at radius 3 is 2.75 bits per heavy atom. The number of pyridine rings is 1. The Kier molecular flexibility index (Phi) is 4.12. The summed E-state index contributed by atoms with van der Waals surface area (Å²) < 4.78 is 7.01. The molecule has 0 aliphatic rings. The van der Waals surface area contributed by atoms with Crippen molar-refractivity contribution in [2.24, 2.45) is 0 Å². The van der Waals surface area contributed by atoms with E-state index in [0.717, 1.165) is 5.52 Å². The first-order valence-corrected chi connectivity index (χ1v) is 7.40. The highest BCUT2D eigenvalue weighted by Gasteiger charge is 2.11. The molecule has 0 bridgehead atoms. The minimum atomic E-state index is -0.671. The van der Waals surface area contributed by atoms with Crippen molar-refractivity contribution in [3.05, 3.63) is 54.0 Å². The highest BCUT2D eigenvalue weighted by Crippen LogP contribution is 2.22. The lowest BCUT2D eigenvalue weighted by atomic mass is 10.1. The van der Waals surface area contributed by atoms with Gasteiger partial charge >= 0.3 is 6.09 Å². The number of ether oxygens (including phenoxy) is 1. The highest BCUT2D eigenvalue weighted by atomic mass is 16.6. The van der Waals surface area contributed by atoms with Gasteiger partial charge in [0.1, 0.15) is 6.07 Å². The quantitative estimate of drug-likeness (QED) is 0.798. The Hall–Kier alpha value is -3.40. The van der Waals surface area contributed by atoms with Crippen LogP contribution >= 0.6 is 0 Å². The molecule has 7 nitrogen and oxygen atoms in total. The van der Waals surface area contributed by atoms with Crippen LogP contribution in [-0.2, 0) is 0 Å². The molecule has 3 heterocycles. The molecule has 1 amide bonds. The third-order valence-electron chi connectivity index (χ3n) is 3.53. The van der Waals surface area contributed by atoms with Gasteiger partial charge in [-0.05, 0) is 29.7 Å². The number of nitrogens with zero attached hydrogens (tertiary/aromatic N) is 4. The van der Waals surface area contributed by atoms with Crippen LogP contribution in [0, 0.1) is 11.3 Å². The minimum Gasteiger partial charge on any atom is -0.389 e. The summed E-state index contributed by atoms with van der Waals surface area (Å²) in [7, 11) is 0. The molecule has 0 radical (unpaired) electrons. The maximum atomic E-state index is 12.0. The Morgan fingerprint density at radius 1 is 1.25 bits per heavy atom. The van der Waals surface area contributed by atoms with Crippen molar-refractivity contribution in [3.8, 4) is 11.9 Å². The number of fused-ring (bicyclic) bond motifs is 1. The van der Waals surface area contributed by atoms with E-state index < -0.39 is 6.09 Å². The van der Waals surface area contributed by atoms with Gasteiger partial charge in [-0.25, -0.2) is 4.79 Å². The van der Waals surface area contributed by atoms with Crippen LogP contribution in [0.2, 0.25) is 0 Å². The van der Waals surface area contributed by atoms with E-state index >= 15 is 0 Å². The van der Waals surface area contributed by atoms with Gasteiger partial charge in [-0.1, -0.05) is 19.9 Å². The van der Waals surface area contributed by atoms with Gasteiger partial charge in [-0.3, -0.25) is 5.32 Å². The summed E-state index contributed by atoms with van der Waals surface area (Å²) in [5.74, 6) is 0.449. The first kappa shape index (κ1) is 15.5. The molecule has 0 aliphatic carbocycles. The van der Waals surface area contributed by atoms with Crippen LogP contribution in [0.15, 0.2) is 42.7 Å². The van der Waals surface area contributed by atoms with E-state index in [0.29, 0.717) is 11.6 Å². The van der Waals surface area contributed by atoms with E-state index in [1.54, 1.807) is 6.07 Å². The van der Waals surface area contributed by atoms with Crippen LogP contribution in [0.4, 0.5) is 10.5 Å². The van der Waals surface area contributed by atoms with Crippen LogP contribution in [0.25, 0.3) is 5.52 Å². The molecular formula is C17H15N5O2. The average molecular weight is 321 g/mol. The van der Waals surface area contributed by atoms with E-state index in [2.05, 4.69) is 29.4 Å². The predicted octanol–water partition coefficient (Wildman–Crippen LogP) is 3.34. The Labute approximate surface area is 138 Å². The smallest absolute Gasteiger partial charge is 0.389 e. The summed E-state index contributed by atoms with van der Waals surface area (Å²) in [4.78, 5) is 12.0. The van der Waals surface area contributed by atoms with Gasteiger partial charge in [0, 0.05) is 18.5 Å². The first-order chi connectivity index (χ1) is 11.6. The number of hydrogen-bond donors (Lipinski definition) is 1. The first-order valence-electron chi connectivity index (χ1n) is 7.40. The standard InChI is InChI=1S/C17H15N5O2/c1-11(2)12-3-5-15-14(7-8-22(15)10-12)19-17(23)24-16-6-4-13(9-18)20-21-16/h3-8,10-11H,1-2H3,(H,19,23). The molecule has 0 unspecified atom stereocenters. The number of anilines is 1. The third-order valence-corrected chi connectivity index (χ3v) is 3.53. The van der Waals surface area contributed by atoms with Crippen LogP contribution < -0.4 is 10.1 Å². The maximum absolute atomic E-state index is 12.0. The van der Waals surface area contributed by atoms with Gasteiger partial charge in [0.2, 0.25) is 5.88 Å². The van der Waals surface area contributed by atoms with Gasteiger partial charge < -0.3 is 9.14 Å². The third kappa shape index (κ3) is 3.17. The molecule has 0 atom stereocenters. The van der Waals surface area contributed by atoms with Crippen molar-refractivity contribution in [1.82, 2.24) is 14.6 Å². The molecule has 24 heavy (non-hydrogen) atoms. The number of nitrogens with one attached hydrogen (secondary N) is 1. The van der Waals surface area contributed by atoms with E-state index in [1.807, 2.05) is 35.0 Å². The minimum absolute atomic E-state index is 0.0251. The number of carbonyl (C=O) groups excluding carboxylic acids is 1. The molecule has 1 N–H and O–H groups in total. The molecule has 3 aromatic rings. The van der Waals surface area contributed by atoms with Crippen molar-refractivity contribution < 1.29 is 9.53 Å². The number of nitriles is 1.